The molecule has 0 aliphatic carbocycles. The molecule has 4 nitrogen and oxygen atoms in total. The molecule has 0 N–H and O–H groups in total. The number of halogens is 3. The number of nitrogens with zero attached hydrogens (tertiary/aromatic N) is 4. The largest absolute Gasteiger partial charge is 0.416 e. The van der Waals surface area contributed by atoms with Crippen molar-refractivity contribution in [2.75, 3.05) is 33.2 Å². The van der Waals surface area contributed by atoms with E-state index in [0.29, 0.717) is 12.3 Å². The van der Waals surface area contributed by atoms with Gasteiger partial charge in [0.05, 0.1) is 17.6 Å². The van der Waals surface area contributed by atoms with E-state index in [0.717, 1.165) is 50.8 Å². The number of imidazole rings is 1. The molecule has 154 valence electrons. The second-order valence-corrected chi connectivity index (χ2v) is 7.95. The van der Waals surface area contributed by atoms with E-state index < -0.39 is 11.7 Å². The van der Waals surface area contributed by atoms with Crippen LogP contribution in [0.1, 0.15) is 29.7 Å². The topological polar surface area (TPSA) is 24.3 Å². The van der Waals surface area contributed by atoms with E-state index in [1.54, 1.807) is 6.07 Å². The van der Waals surface area contributed by atoms with Gasteiger partial charge in [0.2, 0.25) is 0 Å². The summed E-state index contributed by atoms with van der Waals surface area (Å²) in [5.74, 6) is 0.591. The van der Waals surface area contributed by atoms with E-state index in [2.05, 4.69) is 21.8 Å². The molecule has 28 heavy (non-hydrogen) atoms. The van der Waals surface area contributed by atoms with Crippen molar-refractivity contribution < 1.29 is 13.2 Å². The summed E-state index contributed by atoms with van der Waals surface area (Å²) in [7, 11) is 4.14. The molecule has 0 amide bonds. The SMILES string of the molecule is CN(Cc1cncn1C)C[C@@H]1CCCN(CCc2cccc(C(F)(F)F)c2)C1. The molecular formula is C21H29F3N4. The van der Waals surface area contributed by atoms with Crippen molar-refractivity contribution in [1.29, 1.82) is 0 Å². The Labute approximate surface area is 165 Å². The third-order valence-corrected chi connectivity index (χ3v) is 5.49. The summed E-state index contributed by atoms with van der Waals surface area (Å²) in [5, 5.41) is 0. The van der Waals surface area contributed by atoms with E-state index in [4.69, 9.17) is 0 Å². The number of aryl methyl sites for hydroxylation is 1. The average molecular weight is 394 g/mol. The lowest BCUT2D eigenvalue weighted by Gasteiger charge is -2.34. The maximum atomic E-state index is 12.9. The molecule has 7 heteroatoms. The van der Waals surface area contributed by atoms with Crippen LogP contribution >= 0.6 is 0 Å². The van der Waals surface area contributed by atoms with Crippen LogP contribution in [0.15, 0.2) is 36.8 Å². The number of hydrogen-bond acceptors (Lipinski definition) is 3. The highest BCUT2D eigenvalue weighted by atomic mass is 19.4. The molecule has 1 aliphatic rings. The Kier molecular flexibility index (Phi) is 6.78. The van der Waals surface area contributed by atoms with Gasteiger partial charge in [-0.25, -0.2) is 4.98 Å². The lowest BCUT2D eigenvalue weighted by molar-refractivity contribution is -0.137. The second kappa shape index (κ2) is 9.09. The smallest absolute Gasteiger partial charge is 0.337 e. The molecule has 1 atom stereocenters. The fourth-order valence-electron chi connectivity index (χ4n) is 4.01. The normalized spacial score (nSPS) is 18.7. The van der Waals surface area contributed by atoms with Gasteiger partial charge in [0.1, 0.15) is 0 Å². The molecule has 1 saturated heterocycles. The Bertz CT molecular complexity index is 756. The predicted octanol–water partition coefficient (Wildman–Crippen LogP) is 3.83. The number of alkyl halides is 3. The second-order valence-electron chi connectivity index (χ2n) is 7.95. The molecular weight excluding hydrogens is 365 g/mol. The maximum Gasteiger partial charge on any atom is 0.416 e. The first-order valence-electron chi connectivity index (χ1n) is 9.83. The van der Waals surface area contributed by atoms with Crippen molar-refractivity contribution >= 4 is 0 Å². The van der Waals surface area contributed by atoms with Crippen LogP contribution < -0.4 is 0 Å². The van der Waals surface area contributed by atoms with Crippen LogP contribution in [-0.2, 0) is 26.2 Å². The summed E-state index contributed by atoms with van der Waals surface area (Å²) in [5.41, 5.74) is 1.39. The highest BCUT2D eigenvalue weighted by Gasteiger charge is 2.30. The average Bonchev–Trinajstić information content (AvgIpc) is 3.04. The van der Waals surface area contributed by atoms with Crippen LogP contribution in [0.5, 0.6) is 0 Å². The molecule has 2 aromatic rings. The Balaban J connectivity index is 1.48. The van der Waals surface area contributed by atoms with Gasteiger partial charge in [-0.15, -0.1) is 0 Å². The number of aromatic nitrogens is 2. The minimum Gasteiger partial charge on any atom is -0.337 e. The van der Waals surface area contributed by atoms with Gasteiger partial charge in [-0.3, -0.25) is 0 Å². The van der Waals surface area contributed by atoms with Crippen molar-refractivity contribution in [2.24, 2.45) is 13.0 Å². The van der Waals surface area contributed by atoms with Crippen molar-refractivity contribution in [3.05, 3.63) is 53.6 Å². The summed E-state index contributed by atoms with van der Waals surface area (Å²) in [6, 6.07) is 5.71. The molecule has 0 unspecified atom stereocenters. The van der Waals surface area contributed by atoms with Crippen LogP contribution in [0.3, 0.4) is 0 Å². The standard InChI is InChI=1S/C21H29F3N4/c1-26(15-20-12-25-16-27(20)2)13-18-6-4-9-28(14-18)10-8-17-5-3-7-19(11-17)21(22,23)24/h3,5,7,11-12,16,18H,4,6,8-10,13-15H2,1-2H3/t18-/m0/s1. The zero-order chi connectivity index (χ0) is 20.1. The van der Waals surface area contributed by atoms with Gasteiger partial charge in [0.15, 0.2) is 0 Å². The zero-order valence-electron chi connectivity index (χ0n) is 16.6. The third kappa shape index (κ3) is 5.82. The Morgan fingerprint density at radius 1 is 1.29 bits per heavy atom. The molecule has 1 fully saturated rings. The molecule has 1 aromatic heterocycles. The van der Waals surface area contributed by atoms with E-state index in [1.807, 2.05) is 24.1 Å². The van der Waals surface area contributed by atoms with E-state index >= 15 is 0 Å². The highest BCUT2D eigenvalue weighted by Crippen LogP contribution is 2.29. The van der Waals surface area contributed by atoms with Crippen LogP contribution in [-0.4, -0.2) is 52.6 Å². The lowest BCUT2D eigenvalue weighted by Crippen LogP contribution is -2.40. The van der Waals surface area contributed by atoms with E-state index in [-0.39, 0.29) is 0 Å². The molecule has 0 spiro atoms. The summed E-state index contributed by atoms with van der Waals surface area (Å²) in [6.45, 7) is 4.74. The number of rotatable bonds is 7. The Morgan fingerprint density at radius 3 is 2.82 bits per heavy atom. The predicted molar refractivity (Wildman–Crippen MR) is 104 cm³/mol. The molecule has 1 aromatic carbocycles. The van der Waals surface area contributed by atoms with Crippen molar-refractivity contribution in [3.63, 3.8) is 0 Å². The zero-order valence-corrected chi connectivity index (χ0v) is 16.6. The van der Waals surface area contributed by atoms with Crippen LogP contribution in [0.2, 0.25) is 0 Å². The fourth-order valence-corrected chi connectivity index (χ4v) is 4.01. The molecule has 1 aliphatic heterocycles. The van der Waals surface area contributed by atoms with Gasteiger partial charge < -0.3 is 14.4 Å². The van der Waals surface area contributed by atoms with E-state index in [9.17, 15) is 13.2 Å². The summed E-state index contributed by atoms with van der Waals surface area (Å²) < 4.78 is 40.7. The van der Waals surface area contributed by atoms with Crippen LogP contribution in [0, 0.1) is 5.92 Å². The van der Waals surface area contributed by atoms with Crippen molar-refractivity contribution in [3.8, 4) is 0 Å². The first kappa shape index (κ1) is 20.9. The van der Waals surface area contributed by atoms with Gasteiger partial charge in [0, 0.05) is 39.4 Å². The van der Waals surface area contributed by atoms with Gasteiger partial charge in [-0.1, -0.05) is 18.2 Å². The number of likely N-dealkylation sites (tertiary alicyclic amines) is 1. The number of benzene rings is 1. The maximum absolute atomic E-state index is 12.9. The van der Waals surface area contributed by atoms with Crippen molar-refractivity contribution in [1.82, 2.24) is 19.4 Å². The lowest BCUT2D eigenvalue weighted by atomic mass is 9.97. The van der Waals surface area contributed by atoms with Crippen LogP contribution in [0.25, 0.3) is 0 Å². The van der Waals surface area contributed by atoms with Gasteiger partial charge in [-0.2, -0.15) is 13.2 Å². The molecule has 0 radical (unpaired) electrons. The number of hydrogen-bond donors (Lipinski definition) is 0. The quantitative estimate of drug-likeness (QED) is 0.714. The Hall–Kier alpha value is -1.86. The first-order valence-corrected chi connectivity index (χ1v) is 9.83. The fraction of sp³-hybridized carbons (Fsp3) is 0.571. The molecule has 2 heterocycles. The Morgan fingerprint density at radius 2 is 2.11 bits per heavy atom. The monoisotopic (exact) mass is 394 g/mol. The molecule has 0 saturated carbocycles. The molecule has 0 bridgehead atoms. The van der Waals surface area contributed by atoms with Gasteiger partial charge >= 0.3 is 6.18 Å². The van der Waals surface area contributed by atoms with Gasteiger partial charge in [-0.05, 0) is 50.4 Å². The number of piperidine rings is 1. The summed E-state index contributed by atoms with van der Waals surface area (Å²) in [6.07, 6.45) is 2.45. The minimum atomic E-state index is -4.27. The highest BCUT2D eigenvalue weighted by molar-refractivity contribution is 5.25. The first-order chi connectivity index (χ1) is 13.3. The summed E-state index contributed by atoms with van der Waals surface area (Å²) >= 11 is 0. The minimum absolute atomic E-state index is 0.557. The van der Waals surface area contributed by atoms with Crippen molar-refractivity contribution in [2.45, 2.75) is 32.0 Å². The van der Waals surface area contributed by atoms with Crippen LogP contribution in [0.4, 0.5) is 13.2 Å². The van der Waals surface area contributed by atoms with Gasteiger partial charge in [0.25, 0.3) is 0 Å². The van der Waals surface area contributed by atoms with E-state index in [1.165, 1.54) is 24.2 Å². The summed E-state index contributed by atoms with van der Waals surface area (Å²) in [4.78, 5) is 8.89. The molecule has 3 rings (SSSR count). The third-order valence-electron chi connectivity index (χ3n) is 5.49.